The highest BCUT2D eigenvalue weighted by atomic mass is 79.9. The Morgan fingerprint density at radius 2 is 1.89 bits per heavy atom. The van der Waals surface area contributed by atoms with Gasteiger partial charge in [-0.05, 0) is 29.7 Å². The Balaban J connectivity index is 1.55. The van der Waals surface area contributed by atoms with Crippen LogP contribution in [0.3, 0.4) is 0 Å². The third-order valence-electron chi connectivity index (χ3n) is 3.48. The molecule has 2 atom stereocenters. The van der Waals surface area contributed by atoms with Crippen LogP contribution < -0.4 is 5.32 Å². The molecule has 2 aromatic rings. The smallest absolute Gasteiger partial charge is 0.0208 e. The van der Waals surface area contributed by atoms with Crippen LogP contribution in [0.15, 0.2) is 59.1 Å². The molecule has 0 amide bonds. The molecule has 1 aliphatic rings. The molecule has 0 aromatic heterocycles. The number of nitrogens with one attached hydrogen (secondary N) is 1. The van der Waals surface area contributed by atoms with Crippen LogP contribution in [0.4, 0.5) is 0 Å². The first-order chi connectivity index (χ1) is 8.83. The predicted molar refractivity (Wildman–Crippen MR) is 78.6 cm³/mol. The zero-order valence-corrected chi connectivity index (χ0v) is 11.7. The largest absolute Gasteiger partial charge is 0.309 e. The molecule has 0 unspecified atom stereocenters. The Hall–Kier alpha value is -1.12. The molecule has 0 spiro atoms. The fraction of sp³-hybridized carbons (Fsp3) is 0.250. The fourth-order valence-electron chi connectivity index (χ4n) is 2.39. The van der Waals surface area contributed by atoms with Crippen LogP contribution in [0.5, 0.6) is 0 Å². The van der Waals surface area contributed by atoms with Crippen LogP contribution in [-0.4, -0.2) is 6.04 Å². The quantitative estimate of drug-likeness (QED) is 0.897. The van der Waals surface area contributed by atoms with Gasteiger partial charge in [-0.25, -0.2) is 0 Å². The zero-order chi connectivity index (χ0) is 12.4. The van der Waals surface area contributed by atoms with E-state index >= 15 is 0 Å². The average Bonchev–Trinajstić information content (AvgIpc) is 3.17. The third-order valence-corrected chi connectivity index (χ3v) is 3.97. The lowest BCUT2D eigenvalue weighted by molar-refractivity contribution is 0.672. The molecule has 2 heteroatoms. The maximum Gasteiger partial charge on any atom is 0.0208 e. The minimum absolute atomic E-state index is 0.645. The van der Waals surface area contributed by atoms with Crippen molar-refractivity contribution in [3.05, 3.63) is 70.2 Å². The van der Waals surface area contributed by atoms with Crippen molar-refractivity contribution in [1.82, 2.24) is 5.32 Å². The van der Waals surface area contributed by atoms with Crippen LogP contribution in [0.25, 0.3) is 0 Å². The van der Waals surface area contributed by atoms with Crippen LogP contribution in [0, 0.1) is 0 Å². The molecule has 1 nitrogen and oxygen atoms in total. The van der Waals surface area contributed by atoms with Crippen molar-refractivity contribution >= 4 is 15.9 Å². The maximum absolute atomic E-state index is 3.63. The van der Waals surface area contributed by atoms with Crippen molar-refractivity contribution < 1.29 is 0 Å². The minimum Gasteiger partial charge on any atom is -0.309 e. The van der Waals surface area contributed by atoms with E-state index in [1.54, 1.807) is 0 Å². The number of benzene rings is 2. The molecule has 1 N–H and O–H groups in total. The number of halogens is 1. The van der Waals surface area contributed by atoms with Crippen LogP contribution in [0.2, 0.25) is 0 Å². The van der Waals surface area contributed by atoms with E-state index in [1.807, 2.05) is 0 Å². The van der Waals surface area contributed by atoms with Gasteiger partial charge in [0.05, 0.1) is 0 Å². The van der Waals surface area contributed by atoms with Gasteiger partial charge in [-0.3, -0.25) is 0 Å². The van der Waals surface area contributed by atoms with Crippen molar-refractivity contribution in [1.29, 1.82) is 0 Å². The molecule has 0 radical (unpaired) electrons. The summed E-state index contributed by atoms with van der Waals surface area (Å²) in [5, 5.41) is 3.63. The Morgan fingerprint density at radius 1 is 1.06 bits per heavy atom. The lowest BCUT2D eigenvalue weighted by Gasteiger charge is -2.05. The van der Waals surface area contributed by atoms with Crippen LogP contribution >= 0.6 is 15.9 Å². The molecular weight excluding hydrogens is 286 g/mol. The summed E-state index contributed by atoms with van der Waals surface area (Å²) < 4.78 is 1.15. The molecule has 0 aliphatic heterocycles. The summed E-state index contributed by atoms with van der Waals surface area (Å²) in [5.74, 6) is 0.707. The number of rotatable bonds is 4. The molecule has 1 aliphatic carbocycles. The van der Waals surface area contributed by atoms with Gasteiger partial charge in [0, 0.05) is 23.0 Å². The lowest BCUT2D eigenvalue weighted by atomic mass is 10.1. The van der Waals surface area contributed by atoms with E-state index in [4.69, 9.17) is 0 Å². The van der Waals surface area contributed by atoms with Crippen LogP contribution in [0.1, 0.15) is 23.5 Å². The van der Waals surface area contributed by atoms with Crippen LogP contribution in [-0.2, 0) is 6.54 Å². The molecule has 18 heavy (non-hydrogen) atoms. The van der Waals surface area contributed by atoms with Crippen molar-refractivity contribution in [2.45, 2.75) is 24.9 Å². The molecular formula is C16H16BrN. The topological polar surface area (TPSA) is 12.0 Å². The number of hydrogen-bond acceptors (Lipinski definition) is 1. The van der Waals surface area contributed by atoms with Crippen molar-refractivity contribution in [2.75, 3.05) is 0 Å². The predicted octanol–water partition coefficient (Wildman–Crippen LogP) is 4.09. The molecule has 0 bridgehead atoms. The monoisotopic (exact) mass is 301 g/mol. The second kappa shape index (κ2) is 5.25. The van der Waals surface area contributed by atoms with Gasteiger partial charge < -0.3 is 5.32 Å². The Morgan fingerprint density at radius 3 is 2.67 bits per heavy atom. The molecule has 92 valence electrons. The Bertz CT molecular complexity index is 524. The second-order valence-electron chi connectivity index (χ2n) is 4.87. The summed E-state index contributed by atoms with van der Waals surface area (Å²) in [7, 11) is 0. The summed E-state index contributed by atoms with van der Waals surface area (Å²) in [5.41, 5.74) is 2.80. The van der Waals surface area contributed by atoms with E-state index in [0.717, 1.165) is 11.0 Å². The third kappa shape index (κ3) is 2.82. The van der Waals surface area contributed by atoms with Gasteiger partial charge in [0.25, 0.3) is 0 Å². The van der Waals surface area contributed by atoms with Gasteiger partial charge in [0.15, 0.2) is 0 Å². The van der Waals surface area contributed by atoms with Gasteiger partial charge >= 0.3 is 0 Å². The van der Waals surface area contributed by atoms with Gasteiger partial charge in [-0.15, -0.1) is 0 Å². The summed E-state index contributed by atoms with van der Waals surface area (Å²) in [4.78, 5) is 0. The van der Waals surface area contributed by atoms with E-state index in [9.17, 15) is 0 Å². The summed E-state index contributed by atoms with van der Waals surface area (Å²) >= 11 is 3.51. The zero-order valence-electron chi connectivity index (χ0n) is 10.1. The first kappa shape index (κ1) is 11.9. The van der Waals surface area contributed by atoms with Gasteiger partial charge in [-0.1, -0.05) is 58.4 Å². The van der Waals surface area contributed by atoms with Crippen molar-refractivity contribution in [2.24, 2.45) is 0 Å². The highest BCUT2D eigenvalue weighted by molar-refractivity contribution is 9.10. The van der Waals surface area contributed by atoms with E-state index < -0.39 is 0 Å². The summed E-state index contributed by atoms with van der Waals surface area (Å²) in [6, 6.07) is 19.9. The van der Waals surface area contributed by atoms with Gasteiger partial charge in [-0.2, -0.15) is 0 Å². The Kier molecular flexibility index (Phi) is 3.48. The SMILES string of the molecule is Brc1cccc(CN[C@H]2C[C@@H]2c2ccccc2)c1. The average molecular weight is 302 g/mol. The van der Waals surface area contributed by atoms with E-state index in [2.05, 4.69) is 75.8 Å². The van der Waals surface area contributed by atoms with Crippen molar-refractivity contribution in [3.8, 4) is 0 Å². The fourth-order valence-corrected chi connectivity index (χ4v) is 2.83. The standard InChI is InChI=1S/C16H16BrN/c17-14-8-4-5-12(9-14)11-18-16-10-15(16)13-6-2-1-3-7-13/h1-9,15-16,18H,10-11H2/t15-,16+/m1/s1. The molecule has 0 saturated heterocycles. The first-order valence-electron chi connectivity index (χ1n) is 6.36. The molecule has 1 fully saturated rings. The highest BCUT2D eigenvalue weighted by Gasteiger charge is 2.37. The summed E-state index contributed by atoms with van der Waals surface area (Å²) in [6.45, 7) is 0.952. The molecule has 0 heterocycles. The lowest BCUT2D eigenvalue weighted by Crippen LogP contribution is -2.17. The second-order valence-corrected chi connectivity index (χ2v) is 5.79. The summed E-state index contributed by atoms with van der Waals surface area (Å²) in [6.07, 6.45) is 1.26. The van der Waals surface area contributed by atoms with E-state index in [-0.39, 0.29) is 0 Å². The molecule has 2 aromatic carbocycles. The molecule has 1 saturated carbocycles. The minimum atomic E-state index is 0.645. The normalized spacial score (nSPS) is 21.8. The number of hydrogen-bond donors (Lipinski definition) is 1. The first-order valence-corrected chi connectivity index (χ1v) is 7.15. The van der Waals surface area contributed by atoms with Gasteiger partial charge in [0.1, 0.15) is 0 Å². The van der Waals surface area contributed by atoms with E-state index in [1.165, 1.54) is 17.5 Å². The van der Waals surface area contributed by atoms with Gasteiger partial charge in [0.2, 0.25) is 0 Å². The highest BCUT2D eigenvalue weighted by Crippen LogP contribution is 2.40. The van der Waals surface area contributed by atoms with E-state index in [0.29, 0.717) is 12.0 Å². The Labute approximate surface area is 116 Å². The molecule has 3 rings (SSSR count). The maximum atomic E-state index is 3.63. The van der Waals surface area contributed by atoms with Crippen molar-refractivity contribution in [3.63, 3.8) is 0 Å².